The minimum absolute atomic E-state index is 0.223. The number of nitrogens with one attached hydrogen (secondary N) is 1. The van der Waals surface area contributed by atoms with E-state index in [0.717, 1.165) is 11.1 Å². The van der Waals surface area contributed by atoms with E-state index in [9.17, 15) is 14.7 Å². The Kier molecular flexibility index (Phi) is 7.53. The van der Waals surface area contributed by atoms with Crippen molar-refractivity contribution in [1.29, 1.82) is 0 Å². The largest absolute Gasteiger partial charge is 0.489 e. The number of carboxylic acids is 1. The predicted molar refractivity (Wildman–Crippen MR) is 136 cm³/mol. The highest BCUT2D eigenvalue weighted by atomic mass is 16.5. The summed E-state index contributed by atoms with van der Waals surface area (Å²) in [6, 6.07) is 31.0. The molecule has 0 saturated carbocycles. The van der Waals surface area contributed by atoms with Crippen LogP contribution in [0.4, 0.5) is 0 Å². The summed E-state index contributed by atoms with van der Waals surface area (Å²) >= 11 is 0. The zero-order valence-corrected chi connectivity index (χ0v) is 19.2. The van der Waals surface area contributed by atoms with Crippen LogP contribution in [0, 0.1) is 0 Å². The normalized spacial score (nSPS) is 11.2. The summed E-state index contributed by atoms with van der Waals surface area (Å²) < 4.78 is 5.74. The van der Waals surface area contributed by atoms with E-state index < -0.39 is 17.5 Å². The van der Waals surface area contributed by atoms with Crippen LogP contribution < -0.4 is 10.2 Å². The lowest BCUT2D eigenvalue weighted by Gasteiger charge is -2.27. The van der Waals surface area contributed by atoms with Crippen molar-refractivity contribution >= 4 is 18.1 Å². The number of rotatable bonds is 9. The van der Waals surface area contributed by atoms with Gasteiger partial charge in [-0.2, -0.15) is 5.10 Å². The number of amides is 1. The van der Waals surface area contributed by atoms with Crippen molar-refractivity contribution in [3.63, 3.8) is 0 Å². The lowest BCUT2D eigenvalue weighted by Crippen LogP contribution is -2.43. The molecule has 0 unspecified atom stereocenters. The van der Waals surface area contributed by atoms with Crippen molar-refractivity contribution in [1.82, 2.24) is 5.43 Å². The summed E-state index contributed by atoms with van der Waals surface area (Å²) in [6.45, 7) is 0.293. The lowest BCUT2D eigenvalue weighted by atomic mass is 9.85. The van der Waals surface area contributed by atoms with Gasteiger partial charge in [0.15, 0.2) is 5.60 Å². The summed E-state index contributed by atoms with van der Waals surface area (Å²) in [6.07, 6.45) is 1.47. The molecule has 0 aliphatic rings. The number of hydrogen-bond donors (Lipinski definition) is 3. The molecular weight excluding hydrogens is 456 g/mol. The van der Waals surface area contributed by atoms with Crippen molar-refractivity contribution in [3.05, 3.63) is 137 Å². The molecule has 0 aromatic heterocycles. The van der Waals surface area contributed by atoms with Crippen LogP contribution in [0.2, 0.25) is 0 Å². The molecule has 0 aliphatic carbocycles. The Hall–Kier alpha value is -4.75. The predicted octanol–water partition coefficient (Wildman–Crippen LogP) is 4.35. The second-order valence-corrected chi connectivity index (χ2v) is 8.00. The molecule has 0 bridgehead atoms. The Morgan fingerprint density at radius 2 is 1.36 bits per heavy atom. The van der Waals surface area contributed by atoms with E-state index in [4.69, 9.17) is 9.84 Å². The van der Waals surface area contributed by atoms with Crippen LogP contribution >= 0.6 is 0 Å². The number of carboxylic acid groups (broad SMARTS) is 1. The number of carbonyl (C=O) groups excluding carboxylic acids is 1. The Morgan fingerprint density at radius 1 is 0.806 bits per heavy atom. The Morgan fingerprint density at radius 3 is 1.89 bits per heavy atom. The van der Waals surface area contributed by atoms with Gasteiger partial charge in [0.1, 0.15) is 12.4 Å². The molecule has 36 heavy (non-hydrogen) atoms. The summed E-state index contributed by atoms with van der Waals surface area (Å²) in [5.41, 5.74) is 3.20. The fourth-order valence-electron chi connectivity index (χ4n) is 3.59. The zero-order chi connectivity index (χ0) is 25.4. The molecule has 180 valence electrons. The van der Waals surface area contributed by atoms with E-state index in [-0.39, 0.29) is 5.56 Å². The molecule has 7 heteroatoms. The van der Waals surface area contributed by atoms with Gasteiger partial charge in [-0.05, 0) is 58.7 Å². The highest BCUT2D eigenvalue weighted by molar-refractivity contribution is 5.91. The zero-order valence-electron chi connectivity index (χ0n) is 19.2. The summed E-state index contributed by atoms with van der Waals surface area (Å²) in [5.74, 6) is -1.02. The monoisotopic (exact) mass is 480 g/mol. The third-order valence-electron chi connectivity index (χ3n) is 5.58. The standard InChI is InChI=1S/C29H24N2O5/c32-27(33)23-15-11-22(12-16-23)20-36-26-17-13-21(14-18-26)19-30-31-28(34)29(35,24-7-3-1-4-8-24)25-9-5-2-6-10-25/h1-19,35H,20H2,(H,31,34)(H,32,33). The van der Waals surface area contributed by atoms with Crippen LogP contribution in [0.3, 0.4) is 0 Å². The molecule has 7 nitrogen and oxygen atoms in total. The van der Waals surface area contributed by atoms with Crippen molar-refractivity contribution < 1.29 is 24.5 Å². The van der Waals surface area contributed by atoms with Crippen LogP contribution in [0.15, 0.2) is 114 Å². The highest BCUT2D eigenvalue weighted by Gasteiger charge is 2.39. The fourth-order valence-corrected chi connectivity index (χ4v) is 3.59. The molecule has 0 saturated heterocycles. The number of hydrazone groups is 1. The van der Waals surface area contributed by atoms with Gasteiger partial charge in [0.05, 0.1) is 11.8 Å². The second kappa shape index (κ2) is 11.1. The number of aromatic carboxylic acids is 1. The quantitative estimate of drug-likeness (QED) is 0.244. The first-order valence-corrected chi connectivity index (χ1v) is 11.2. The van der Waals surface area contributed by atoms with Gasteiger partial charge in [-0.1, -0.05) is 72.8 Å². The SMILES string of the molecule is O=C(O)c1ccc(COc2ccc(C=NNC(=O)C(O)(c3ccccc3)c3ccccc3)cc2)cc1. The number of nitrogens with zero attached hydrogens (tertiary/aromatic N) is 1. The highest BCUT2D eigenvalue weighted by Crippen LogP contribution is 2.29. The molecule has 0 fully saturated rings. The molecule has 4 aromatic rings. The van der Waals surface area contributed by atoms with Crippen LogP contribution in [-0.2, 0) is 17.0 Å². The van der Waals surface area contributed by atoms with Gasteiger partial charge in [-0.25, -0.2) is 10.2 Å². The molecule has 3 N–H and O–H groups in total. The molecule has 0 radical (unpaired) electrons. The van der Waals surface area contributed by atoms with Crippen molar-refractivity contribution in [3.8, 4) is 5.75 Å². The summed E-state index contributed by atoms with van der Waals surface area (Å²) in [4.78, 5) is 24.0. The van der Waals surface area contributed by atoms with Crippen molar-refractivity contribution in [2.24, 2.45) is 5.10 Å². The van der Waals surface area contributed by atoms with Crippen molar-refractivity contribution in [2.45, 2.75) is 12.2 Å². The number of benzene rings is 4. The van der Waals surface area contributed by atoms with E-state index in [1.807, 2.05) is 12.1 Å². The topological polar surface area (TPSA) is 108 Å². The average Bonchev–Trinajstić information content (AvgIpc) is 2.93. The van der Waals surface area contributed by atoms with Crippen LogP contribution in [-0.4, -0.2) is 28.3 Å². The molecule has 0 atom stereocenters. The first kappa shape index (κ1) is 24.4. The molecule has 1 amide bonds. The maximum Gasteiger partial charge on any atom is 0.335 e. The van der Waals surface area contributed by atoms with E-state index in [1.54, 1.807) is 84.9 Å². The molecule has 0 heterocycles. The van der Waals surface area contributed by atoms with E-state index in [0.29, 0.717) is 23.5 Å². The Labute approximate surface area is 208 Å². The molecule has 4 rings (SSSR count). The first-order valence-electron chi connectivity index (χ1n) is 11.2. The first-order chi connectivity index (χ1) is 17.5. The van der Waals surface area contributed by atoms with Crippen LogP contribution in [0.5, 0.6) is 5.75 Å². The minimum Gasteiger partial charge on any atom is -0.489 e. The number of carbonyl (C=O) groups is 2. The maximum atomic E-state index is 13.1. The van der Waals surface area contributed by atoms with Crippen LogP contribution in [0.25, 0.3) is 0 Å². The van der Waals surface area contributed by atoms with Gasteiger partial charge in [-0.15, -0.1) is 0 Å². The van der Waals surface area contributed by atoms with Gasteiger partial charge in [-0.3, -0.25) is 4.79 Å². The van der Waals surface area contributed by atoms with E-state index in [1.165, 1.54) is 18.3 Å². The van der Waals surface area contributed by atoms with Crippen LogP contribution in [0.1, 0.15) is 32.6 Å². The third kappa shape index (κ3) is 5.65. The number of hydrogen-bond acceptors (Lipinski definition) is 5. The maximum absolute atomic E-state index is 13.1. The minimum atomic E-state index is -1.90. The van der Waals surface area contributed by atoms with Gasteiger partial charge in [0.25, 0.3) is 5.91 Å². The smallest absolute Gasteiger partial charge is 0.335 e. The van der Waals surface area contributed by atoms with Gasteiger partial charge in [0, 0.05) is 0 Å². The Bertz CT molecular complexity index is 1300. The average molecular weight is 481 g/mol. The molecular formula is C29H24N2O5. The summed E-state index contributed by atoms with van der Waals surface area (Å²) in [7, 11) is 0. The number of ether oxygens (including phenoxy) is 1. The van der Waals surface area contributed by atoms with Gasteiger partial charge < -0.3 is 14.9 Å². The third-order valence-corrected chi connectivity index (χ3v) is 5.58. The van der Waals surface area contributed by atoms with Crippen molar-refractivity contribution in [2.75, 3.05) is 0 Å². The van der Waals surface area contributed by atoms with E-state index in [2.05, 4.69) is 10.5 Å². The van der Waals surface area contributed by atoms with Gasteiger partial charge in [0.2, 0.25) is 0 Å². The summed E-state index contributed by atoms with van der Waals surface area (Å²) in [5, 5.41) is 24.4. The lowest BCUT2D eigenvalue weighted by molar-refractivity contribution is -0.136. The van der Waals surface area contributed by atoms with Gasteiger partial charge >= 0.3 is 5.97 Å². The molecule has 4 aromatic carbocycles. The fraction of sp³-hybridized carbons (Fsp3) is 0.0690. The second-order valence-electron chi connectivity index (χ2n) is 8.00. The van der Waals surface area contributed by atoms with E-state index >= 15 is 0 Å². The molecule has 0 aliphatic heterocycles. The number of aliphatic hydroxyl groups is 1. The molecule has 0 spiro atoms. The Balaban J connectivity index is 1.39.